The highest BCUT2D eigenvalue weighted by molar-refractivity contribution is 5.78. The van der Waals surface area contributed by atoms with Crippen LogP contribution in [-0.4, -0.2) is 25.7 Å². The highest BCUT2D eigenvalue weighted by Crippen LogP contribution is 2.25. The van der Waals surface area contributed by atoms with E-state index in [9.17, 15) is 4.79 Å². The van der Waals surface area contributed by atoms with Crippen molar-refractivity contribution in [3.63, 3.8) is 0 Å². The topological polar surface area (TPSA) is 38.3 Å². The molecule has 1 aliphatic heterocycles. The van der Waals surface area contributed by atoms with Crippen LogP contribution in [0.25, 0.3) is 0 Å². The van der Waals surface area contributed by atoms with Gasteiger partial charge in [0.2, 0.25) is 5.91 Å². The van der Waals surface area contributed by atoms with Gasteiger partial charge >= 0.3 is 0 Å². The molecule has 0 saturated carbocycles. The van der Waals surface area contributed by atoms with E-state index in [1.54, 1.807) is 0 Å². The number of ether oxygens (including phenoxy) is 1. The van der Waals surface area contributed by atoms with Gasteiger partial charge in [0, 0.05) is 12.0 Å². The minimum atomic E-state index is 0.0868. The zero-order chi connectivity index (χ0) is 12.3. The van der Waals surface area contributed by atoms with Gasteiger partial charge < -0.3 is 10.1 Å². The van der Waals surface area contributed by atoms with Crippen LogP contribution in [0.15, 0.2) is 24.3 Å². The van der Waals surface area contributed by atoms with Crippen LogP contribution in [-0.2, 0) is 16.0 Å². The van der Waals surface area contributed by atoms with Crippen molar-refractivity contribution in [1.29, 1.82) is 0 Å². The fourth-order valence-corrected chi connectivity index (χ4v) is 1.93. The summed E-state index contributed by atoms with van der Waals surface area (Å²) < 4.78 is 5.15. The quantitative estimate of drug-likeness (QED) is 0.859. The molecule has 2 rings (SSSR count). The van der Waals surface area contributed by atoms with E-state index >= 15 is 0 Å². The Labute approximate surface area is 102 Å². The van der Waals surface area contributed by atoms with E-state index in [2.05, 4.69) is 12.2 Å². The van der Waals surface area contributed by atoms with Gasteiger partial charge in [-0.05, 0) is 12.5 Å². The minimum Gasteiger partial charge on any atom is -0.380 e. The van der Waals surface area contributed by atoms with E-state index in [1.807, 2.05) is 31.2 Å². The molecule has 3 nitrogen and oxygen atoms in total. The Balaban J connectivity index is 1.81. The Morgan fingerprint density at radius 3 is 2.82 bits per heavy atom. The molecule has 0 bridgehead atoms. The number of aryl methyl sites for hydroxylation is 1. The van der Waals surface area contributed by atoms with Crippen molar-refractivity contribution in [3.8, 4) is 0 Å². The van der Waals surface area contributed by atoms with Crippen molar-refractivity contribution >= 4 is 5.91 Å². The molecule has 17 heavy (non-hydrogen) atoms. The lowest BCUT2D eigenvalue weighted by molar-refractivity contribution is -0.126. The summed E-state index contributed by atoms with van der Waals surface area (Å²) in [6.45, 7) is 6.37. The van der Waals surface area contributed by atoms with E-state index in [1.165, 1.54) is 5.56 Å². The Morgan fingerprint density at radius 2 is 2.24 bits per heavy atom. The summed E-state index contributed by atoms with van der Waals surface area (Å²) in [5, 5.41) is 2.97. The number of hydrogen-bond acceptors (Lipinski definition) is 2. The first-order valence-electron chi connectivity index (χ1n) is 5.97. The summed E-state index contributed by atoms with van der Waals surface area (Å²) in [6.07, 6.45) is 0.457. The number of amides is 1. The molecule has 0 aromatic heterocycles. The number of nitrogens with one attached hydrogen (secondary N) is 1. The Kier molecular flexibility index (Phi) is 3.48. The molecule has 1 aromatic carbocycles. The van der Waals surface area contributed by atoms with Crippen molar-refractivity contribution in [1.82, 2.24) is 5.32 Å². The van der Waals surface area contributed by atoms with Gasteiger partial charge in [-0.25, -0.2) is 0 Å². The molecule has 0 aliphatic carbocycles. The lowest BCUT2D eigenvalue weighted by Gasteiger charge is -2.38. The normalized spacial score (nSPS) is 17.3. The maximum Gasteiger partial charge on any atom is 0.224 e. The first kappa shape index (κ1) is 12.1. The summed E-state index contributed by atoms with van der Waals surface area (Å²) in [7, 11) is 0. The van der Waals surface area contributed by atoms with Crippen LogP contribution in [0.3, 0.4) is 0 Å². The number of carbonyl (C=O) groups excluding carboxylic acids is 1. The molecule has 3 heteroatoms. The van der Waals surface area contributed by atoms with E-state index in [0.29, 0.717) is 13.0 Å². The first-order chi connectivity index (χ1) is 8.07. The molecule has 0 atom stereocenters. The second-order valence-electron chi connectivity index (χ2n) is 5.25. The average Bonchev–Trinajstić information content (AvgIpc) is 2.24. The maximum atomic E-state index is 11.8. The van der Waals surface area contributed by atoms with Crippen molar-refractivity contribution < 1.29 is 9.53 Å². The number of hydrogen-bond donors (Lipinski definition) is 1. The molecule has 1 aromatic rings. The van der Waals surface area contributed by atoms with Gasteiger partial charge in [-0.2, -0.15) is 0 Å². The van der Waals surface area contributed by atoms with Gasteiger partial charge in [0.1, 0.15) is 0 Å². The SMILES string of the molecule is Cc1cccc(CC(=O)NCC2(C)COC2)c1. The van der Waals surface area contributed by atoms with Gasteiger partial charge in [0.25, 0.3) is 0 Å². The van der Waals surface area contributed by atoms with Gasteiger partial charge in [-0.15, -0.1) is 0 Å². The van der Waals surface area contributed by atoms with E-state index in [-0.39, 0.29) is 11.3 Å². The second kappa shape index (κ2) is 4.88. The molecule has 1 fully saturated rings. The summed E-state index contributed by atoms with van der Waals surface area (Å²) >= 11 is 0. The van der Waals surface area contributed by atoms with Crippen LogP contribution in [0.4, 0.5) is 0 Å². The zero-order valence-corrected chi connectivity index (χ0v) is 10.5. The largest absolute Gasteiger partial charge is 0.380 e. The predicted octanol–water partition coefficient (Wildman–Crippen LogP) is 1.69. The second-order valence-corrected chi connectivity index (χ2v) is 5.25. The zero-order valence-electron chi connectivity index (χ0n) is 10.5. The van der Waals surface area contributed by atoms with Crippen molar-refractivity contribution in [2.24, 2.45) is 5.41 Å². The number of carbonyl (C=O) groups is 1. The van der Waals surface area contributed by atoms with Crippen LogP contribution in [0.2, 0.25) is 0 Å². The van der Waals surface area contributed by atoms with Crippen molar-refractivity contribution in [2.75, 3.05) is 19.8 Å². The number of benzene rings is 1. The summed E-state index contributed by atoms with van der Waals surface area (Å²) in [5.74, 6) is 0.0868. The molecule has 1 heterocycles. The van der Waals surface area contributed by atoms with Crippen LogP contribution in [0, 0.1) is 12.3 Å². The fourth-order valence-electron chi connectivity index (χ4n) is 1.93. The van der Waals surface area contributed by atoms with Crippen molar-refractivity contribution in [2.45, 2.75) is 20.3 Å². The van der Waals surface area contributed by atoms with Crippen LogP contribution < -0.4 is 5.32 Å². The molecule has 0 radical (unpaired) electrons. The molecule has 1 amide bonds. The molecule has 0 spiro atoms. The van der Waals surface area contributed by atoms with Gasteiger partial charge in [-0.1, -0.05) is 36.8 Å². The molecule has 0 unspecified atom stereocenters. The van der Waals surface area contributed by atoms with Gasteiger partial charge in [0.15, 0.2) is 0 Å². The van der Waals surface area contributed by atoms with Crippen LogP contribution >= 0.6 is 0 Å². The third-order valence-electron chi connectivity index (χ3n) is 3.06. The molecule has 1 saturated heterocycles. The Bertz CT molecular complexity index is 410. The molecular weight excluding hydrogens is 214 g/mol. The molecular formula is C14H19NO2. The maximum absolute atomic E-state index is 11.8. The lowest BCUT2D eigenvalue weighted by atomic mass is 9.89. The average molecular weight is 233 g/mol. The summed E-state index contributed by atoms with van der Waals surface area (Å²) in [5.41, 5.74) is 2.40. The van der Waals surface area contributed by atoms with Gasteiger partial charge in [0.05, 0.1) is 19.6 Å². The van der Waals surface area contributed by atoms with E-state index < -0.39 is 0 Å². The third kappa shape index (κ3) is 3.30. The van der Waals surface area contributed by atoms with Crippen LogP contribution in [0.5, 0.6) is 0 Å². The molecule has 1 N–H and O–H groups in total. The minimum absolute atomic E-state index is 0.0868. The highest BCUT2D eigenvalue weighted by atomic mass is 16.5. The lowest BCUT2D eigenvalue weighted by Crippen LogP contribution is -2.48. The fraction of sp³-hybridized carbons (Fsp3) is 0.500. The molecule has 92 valence electrons. The smallest absolute Gasteiger partial charge is 0.224 e. The van der Waals surface area contributed by atoms with Crippen LogP contribution in [0.1, 0.15) is 18.1 Å². The standard InChI is InChI=1S/C14H19NO2/c1-11-4-3-5-12(6-11)7-13(16)15-8-14(2)9-17-10-14/h3-6H,7-10H2,1-2H3,(H,15,16). The summed E-state index contributed by atoms with van der Waals surface area (Å²) in [6, 6.07) is 8.06. The van der Waals surface area contributed by atoms with E-state index in [0.717, 1.165) is 18.8 Å². The summed E-state index contributed by atoms with van der Waals surface area (Å²) in [4.78, 5) is 11.8. The monoisotopic (exact) mass is 233 g/mol. The van der Waals surface area contributed by atoms with Gasteiger partial charge in [-0.3, -0.25) is 4.79 Å². The highest BCUT2D eigenvalue weighted by Gasteiger charge is 2.33. The molecule has 1 aliphatic rings. The predicted molar refractivity (Wildman–Crippen MR) is 66.8 cm³/mol. The Morgan fingerprint density at radius 1 is 1.47 bits per heavy atom. The van der Waals surface area contributed by atoms with Crippen molar-refractivity contribution in [3.05, 3.63) is 35.4 Å². The first-order valence-corrected chi connectivity index (χ1v) is 5.97. The number of rotatable bonds is 4. The third-order valence-corrected chi connectivity index (χ3v) is 3.06. The van der Waals surface area contributed by atoms with E-state index in [4.69, 9.17) is 4.74 Å². The Hall–Kier alpha value is -1.35.